The van der Waals surface area contributed by atoms with Crippen LogP contribution in [0.1, 0.15) is 0 Å². The van der Waals surface area contributed by atoms with Gasteiger partial charge in [0, 0.05) is 24.5 Å². The van der Waals surface area contributed by atoms with E-state index >= 15 is 0 Å². The second kappa shape index (κ2) is 5.91. The van der Waals surface area contributed by atoms with Crippen LogP contribution in [0.2, 0.25) is 0 Å². The Labute approximate surface area is 145 Å². The smallest absolute Gasteiger partial charge is 0.175 e. The third-order valence-corrected chi connectivity index (χ3v) is 5.62. The third-order valence-electron chi connectivity index (χ3n) is 4.41. The van der Waals surface area contributed by atoms with Crippen molar-refractivity contribution in [2.75, 3.05) is 19.1 Å². The summed E-state index contributed by atoms with van der Waals surface area (Å²) in [6.07, 6.45) is 0. The van der Waals surface area contributed by atoms with Crippen LogP contribution in [0, 0.1) is 0 Å². The van der Waals surface area contributed by atoms with E-state index in [0.29, 0.717) is 0 Å². The minimum Gasteiger partial charge on any atom is -0.497 e. The maximum atomic E-state index is 5.33. The van der Waals surface area contributed by atoms with E-state index in [2.05, 4.69) is 72.1 Å². The topological polar surface area (TPSA) is 29.8 Å². The lowest BCUT2D eigenvalue weighted by molar-refractivity contribution is 0.414. The molecule has 0 amide bonds. The number of hydrogen-bond acceptors (Lipinski definition) is 4. The van der Waals surface area contributed by atoms with Gasteiger partial charge in [-0.15, -0.1) is 0 Å². The molecule has 5 heteroatoms. The van der Waals surface area contributed by atoms with Crippen molar-refractivity contribution in [3.05, 3.63) is 60.1 Å². The number of fused-ring (bicyclic) bond motifs is 2. The summed E-state index contributed by atoms with van der Waals surface area (Å²) in [6.45, 7) is 0. The number of para-hydroxylation sites is 1. The molecule has 3 aromatic rings. The summed E-state index contributed by atoms with van der Waals surface area (Å²) in [5, 5.41) is 1.22. The molecule has 0 saturated heterocycles. The van der Waals surface area contributed by atoms with Crippen LogP contribution < -0.4 is 15.1 Å². The molecule has 122 valence electrons. The first-order chi connectivity index (χ1) is 11.7. The van der Waals surface area contributed by atoms with Gasteiger partial charge >= 0.3 is 0 Å². The van der Waals surface area contributed by atoms with Gasteiger partial charge in [-0.05, 0) is 41.8 Å². The van der Waals surface area contributed by atoms with E-state index in [9.17, 15) is 0 Å². The Morgan fingerprint density at radius 2 is 1.88 bits per heavy atom. The number of pyridine rings is 1. The van der Waals surface area contributed by atoms with Crippen molar-refractivity contribution in [1.82, 2.24) is 4.57 Å². The van der Waals surface area contributed by atoms with Crippen LogP contribution in [0.25, 0.3) is 10.9 Å². The number of methoxy groups -OCH3 is 1. The Balaban J connectivity index is 1.76. The number of rotatable bonds is 2. The molecule has 1 unspecified atom stereocenters. The molecule has 1 aliphatic rings. The second-order valence-corrected chi connectivity index (χ2v) is 6.92. The zero-order valence-corrected chi connectivity index (χ0v) is 14.7. The molecule has 4 rings (SSSR count). The highest BCUT2D eigenvalue weighted by Gasteiger charge is 2.27. The maximum Gasteiger partial charge on any atom is 0.175 e. The van der Waals surface area contributed by atoms with Gasteiger partial charge in [-0.1, -0.05) is 30.0 Å². The number of ether oxygens (including phenoxy) is 1. The quantitative estimate of drug-likeness (QED) is 0.715. The van der Waals surface area contributed by atoms with Crippen LogP contribution in [-0.4, -0.2) is 24.2 Å². The molecule has 0 fully saturated rings. The minimum absolute atomic E-state index is 0.0273. The Kier molecular flexibility index (Phi) is 3.73. The minimum atomic E-state index is 0.0273. The van der Waals surface area contributed by atoms with E-state index in [1.54, 1.807) is 18.9 Å². The fraction of sp³-hybridized carbons (Fsp3) is 0.211. The molecule has 1 aromatic heterocycles. The van der Waals surface area contributed by atoms with Crippen molar-refractivity contribution in [1.29, 1.82) is 0 Å². The highest BCUT2D eigenvalue weighted by molar-refractivity contribution is 8.00. The van der Waals surface area contributed by atoms with Crippen molar-refractivity contribution in [3.63, 3.8) is 0 Å². The summed E-state index contributed by atoms with van der Waals surface area (Å²) in [7, 11) is 5.85. The largest absolute Gasteiger partial charge is 0.497 e. The molecule has 2 heterocycles. The Morgan fingerprint density at radius 1 is 1.04 bits per heavy atom. The molecule has 2 aromatic carbocycles. The van der Waals surface area contributed by atoms with E-state index in [0.717, 1.165) is 11.2 Å². The molecular formula is C19H19N3OS. The molecule has 1 atom stereocenters. The predicted octanol–water partition coefficient (Wildman–Crippen LogP) is 3.61. The fourth-order valence-corrected chi connectivity index (χ4v) is 4.18. The summed E-state index contributed by atoms with van der Waals surface area (Å²) < 4.78 is 7.48. The molecule has 0 spiro atoms. The number of hydrogen-bond donors (Lipinski definition) is 0. The molecular weight excluding hydrogens is 318 g/mol. The summed E-state index contributed by atoms with van der Waals surface area (Å²) in [5.41, 5.74) is 3.37. The van der Waals surface area contributed by atoms with Gasteiger partial charge in [-0.3, -0.25) is 0 Å². The van der Waals surface area contributed by atoms with Crippen LogP contribution in [0.15, 0.2) is 64.5 Å². The van der Waals surface area contributed by atoms with Crippen molar-refractivity contribution in [2.45, 2.75) is 10.4 Å². The van der Waals surface area contributed by atoms with Crippen molar-refractivity contribution >= 4 is 28.4 Å². The first kappa shape index (κ1) is 15.1. The van der Waals surface area contributed by atoms with Gasteiger partial charge in [0.1, 0.15) is 11.2 Å². The average Bonchev–Trinajstić information content (AvgIpc) is 2.93. The lowest BCUT2D eigenvalue weighted by atomic mass is 10.2. The molecule has 1 aliphatic heterocycles. The molecule has 0 bridgehead atoms. The van der Waals surface area contributed by atoms with Gasteiger partial charge in [0.15, 0.2) is 5.50 Å². The van der Waals surface area contributed by atoms with Crippen molar-refractivity contribution in [2.24, 2.45) is 12.0 Å². The highest BCUT2D eigenvalue weighted by atomic mass is 32.2. The van der Waals surface area contributed by atoms with Crippen LogP contribution in [-0.2, 0) is 7.05 Å². The monoisotopic (exact) mass is 337 g/mol. The van der Waals surface area contributed by atoms with Gasteiger partial charge in [0.05, 0.1) is 12.8 Å². The number of thioether (sulfide) groups is 1. The summed E-state index contributed by atoms with van der Waals surface area (Å²) in [5.74, 6) is 0.881. The van der Waals surface area contributed by atoms with E-state index in [4.69, 9.17) is 9.73 Å². The van der Waals surface area contributed by atoms with E-state index < -0.39 is 0 Å². The maximum absolute atomic E-state index is 5.33. The lowest BCUT2D eigenvalue weighted by Gasteiger charge is -2.18. The SMILES string of the molecule is COc1ccc2c(c1)SC(/N=c1\ccc3ccccc3n1C)N2C. The summed E-state index contributed by atoms with van der Waals surface area (Å²) in [6, 6.07) is 18.7. The van der Waals surface area contributed by atoms with Crippen LogP contribution in [0.5, 0.6) is 5.75 Å². The zero-order chi connectivity index (χ0) is 16.7. The number of nitrogens with zero attached hydrogens (tertiary/aromatic N) is 3. The van der Waals surface area contributed by atoms with Gasteiger partial charge in [0.25, 0.3) is 0 Å². The lowest BCUT2D eigenvalue weighted by Crippen LogP contribution is -2.28. The number of aryl methyl sites for hydroxylation is 1. The Hall–Kier alpha value is -2.40. The standard InChI is InChI=1S/C19H19N3OS/c1-21-15-7-5-4-6-13(15)8-11-18(21)20-19-22(2)16-10-9-14(23-3)12-17(16)24-19/h4-12,19H,1-3H3/b20-18+. The Morgan fingerprint density at radius 3 is 2.71 bits per heavy atom. The van der Waals surface area contributed by atoms with Crippen molar-refractivity contribution in [3.8, 4) is 5.75 Å². The molecule has 0 N–H and O–H groups in total. The number of aromatic nitrogens is 1. The molecule has 24 heavy (non-hydrogen) atoms. The van der Waals surface area contributed by atoms with Gasteiger partial charge in [-0.2, -0.15) is 0 Å². The first-order valence-corrected chi connectivity index (χ1v) is 8.71. The first-order valence-electron chi connectivity index (χ1n) is 7.83. The number of benzene rings is 2. The third kappa shape index (κ3) is 2.45. The Bertz CT molecular complexity index is 980. The summed E-state index contributed by atoms with van der Waals surface area (Å²) >= 11 is 1.75. The zero-order valence-electron chi connectivity index (χ0n) is 13.9. The second-order valence-electron chi connectivity index (χ2n) is 5.83. The molecule has 4 nitrogen and oxygen atoms in total. The van der Waals surface area contributed by atoms with E-state index in [1.165, 1.54) is 21.5 Å². The average molecular weight is 337 g/mol. The number of anilines is 1. The molecule has 0 radical (unpaired) electrons. The summed E-state index contributed by atoms with van der Waals surface area (Å²) in [4.78, 5) is 8.38. The van der Waals surface area contributed by atoms with Gasteiger partial charge in [-0.25, -0.2) is 4.99 Å². The fourth-order valence-electron chi connectivity index (χ4n) is 3.01. The molecule has 0 saturated carbocycles. The van der Waals surface area contributed by atoms with Gasteiger partial charge < -0.3 is 14.2 Å². The highest BCUT2D eigenvalue weighted by Crippen LogP contribution is 2.44. The van der Waals surface area contributed by atoms with E-state index in [1.807, 2.05) is 6.07 Å². The normalized spacial score (nSPS) is 17.4. The van der Waals surface area contributed by atoms with Crippen LogP contribution in [0.3, 0.4) is 0 Å². The molecule has 0 aliphatic carbocycles. The predicted molar refractivity (Wildman–Crippen MR) is 99.5 cm³/mol. The van der Waals surface area contributed by atoms with Crippen molar-refractivity contribution < 1.29 is 4.74 Å². The van der Waals surface area contributed by atoms with Crippen LogP contribution in [0.4, 0.5) is 5.69 Å². The van der Waals surface area contributed by atoms with Gasteiger partial charge in [0.2, 0.25) is 0 Å². The van der Waals surface area contributed by atoms with Crippen LogP contribution >= 0.6 is 11.8 Å². The van der Waals surface area contributed by atoms with E-state index in [-0.39, 0.29) is 5.50 Å².